The van der Waals surface area contributed by atoms with E-state index in [4.69, 9.17) is 0 Å². The van der Waals surface area contributed by atoms with E-state index in [0.717, 1.165) is 22.5 Å². The van der Waals surface area contributed by atoms with Crippen molar-refractivity contribution >= 4 is 32.5 Å². The number of nitrogens with one attached hydrogen (secondary N) is 1. The molecule has 0 spiro atoms. The molecule has 10 heteroatoms. The lowest BCUT2D eigenvalue weighted by Crippen LogP contribution is -2.50. The van der Waals surface area contributed by atoms with E-state index in [-0.39, 0.29) is 29.6 Å². The lowest BCUT2D eigenvalue weighted by atomic mass is 10.1. The maximum Gasteiger partial charge on any atom is 0.270 e. The maximum atomic E-state index is 12.8. The van der Waals surface area contributed by atoms with Gasteiger partial charge in [-0.25, -0.2) is 8.42 Å². The molecule has 1 N–H and O–H groups in total. The Morgan fingerprint density at radius 1 is 1.06 bits per heavy atom. The maximum absolute atomic E-state index is 12.8. The molecule has 9 nitrogen and oxygen atoms in total. The van der Waals surface area contributed by atoms with Gasteiger partial charge in [-0.3, -0.25) is 14.9 Å². The summed E-state index contributed by atoms with van der Waals surface area (Å²) < 4.78 is 27.0. The molecule has 0 bridgehead atoms. The van der Waals surface area contributed by atoms with Crippen molar-refractivity contribution < 1.29 is 18.1 Å². The molecule has 1 aliphatic rings. The van der Waals surface area contributed by atoms with E-state index >= 15 is 0 Å². The number of rotatable bonds is 6. The van der Waals surface area contributed by atoms with Gasteiger partial charge in [-0.2, -0.15) is 4.31 Å². The fraction of sp³-hybridized carbons (Fsp3) is 0.286. The van der Waals surface area contributed by atoms with Crippen LogP contribution >= 0.6 is 0 Å². The van der Waals surface area contributed by atoms with Crippen molar-refractivity contribution in [1.82, 2.24) is 14.2 Å². The van der Waals surface area contributed by atoms with Gasteiger partial charge in [-0.1, -0.05) is 24.3 Å². The molecule has 1 fully saturated rings. The zero-order valence-corrected chi connectivity index (χ0v) is 17.5. The first-order valence-electron chi connectivity index (χ1n) is 9.93. The summed E-state index contributed by atoms with van der Waals surface area (Å²) in [6.07, 6.45) is 2.87. The number of para-hydroxylation sites is 1. The molecule has 0 atom stereocenters. The van der Waals surface area contributed by atoms with Gasteiger partial charge in [0.25, 0.3) is 5.69 Å². The number of nitrogens with zero attached hydrogens (tertiary/aromatic N) is 3. The standard InChI is InChI=1S/C21H22N4O5S/c26-21(9-8-16-15-22-20-7-2-1-6-19(16)20)23-10-12-24(13-11-23)31(29,30)18-5-3-4-17(14-18)25(27)28/h1-7,14-15,22H,8-13H2. The normalized spacial score (nSPS) is 15.3. The van der Waals surface area contributed by atoms with E-state index < -0.39 is 14.9 Å². The largest absolute Gasteiger partial charge is 0.361 e. The second kappa shape index (κ2) is 8.48. The number of aromatic amines is 1. The summed E-state index contributed by atoms with van der Waals surface area (Å²) in [6, 6.07) is 12.9. The number of nitro groups is 1. The number of benzene rings is 2. The second-order valence-corrected chi connectivity index (χ2v) is 9.34. The summed E-state index contributed by atoms with van der Waals surface area (Å²) in [6.45, 7) is 0.898. The topological polar surface area (TPSA) is 117 Å². The Morgan fingerprint density at radius 3 is 2.55 bits per heavy atom. The van der Waals surface area contributed by atoms with Crippen molar-refractivity contribution in [2.45, 2.75) is 17.7 Å². The monoisotopic (exact) mass is 442 g/mol. The highest BCUT2D eigenvalue weighted by Gasteiger charge is 2.30. The summed E-state index contributed by atoms with van der Waals surface area (Å²) in [4.78, 5) is 27.7. The van der Waals surface area contributed by atoms with E-state index in [0.29, 0.717) is 25.9 Å². The van der Waals surface area contributed by atoms with Crippen LogP contribution in [0.15, 0.2) is 59.6 Å². The molecular formula is C21H22N4O5S. The second-order valence-electron chi connectivity index (χ2n) is 7.40. The fourth-order valence-corrected chi connectivity index (χ4v) is 5.28. The minimum Gasteiger partial charge on any atom is -0.361 e. The van der Waals surface area contributed by atoms with Crippen molar-refractivity contribution in [3.8, 4) is 0 Å². The first kappa shape index (κ1) is 21.0. The zero-order chi connectivity index (χ0) is 22.0. The van der Waals surface area contributed by atoms with Crippen LogP contribution in [0.2, 0.25) is 0 Å². The summed E-state index contributed by atoms with van der Waals surface area (Å²) in [7, 11) is -3.85. The van der Waals surface area contributed by atoms with E-state index in [9.17, 15) is 23.3 Å². The van der Waals surface area contributed by atoms with Gasteiger partial charge in [0, 0.05) is 61.8 Å². The highest BCUT2D eigenvalue weighted by molar-refractivity contribution is 7.89. The van der Waals surface area contributed by atoms with Crippen LogP contribution in [0.1, 0.15) is 12.0 Å². The lowest BCUT2D eigenvalue weighted by molar-refractivity contribution is -0.385. The van der Waals surface area contributed by atoms with E-state index in [1.54, 1.807) is 4.90 Å². The molecule has 3 aromatic rings. The number of piperazine rings is 1. The molecule has 2 aromatic carbocycles. The number of nitro benzene ring substituents is 1. The van der Waals surface area contributed by atoms with Crippen molar-refractivity contribution in [3.05, 3.63) is 70.4 Å². The molecule has 0 unspecified atom stereocenters. The number of H-pyrrole nitrogens is 1. The minimum atomic E-state index is -3.85. The SMILES string of the molecule is O=C(CCc1c[nH]c2ccccc12)N1CCN(S(=O)(=O)c2cccc([N+](=O)[O-])c2)CC1. The Kier molecular flexibility index (Phi) is 5.75. The smallest absolute Gasteiger partial charge is 0.270 e. The number of aromatic nitrogens is 1. The quantitative estimate of drug-likeness (QED) is 0.465. The Hall–Kier alpha value is -3.24. The average molecular weight is 442 g/mol. The highest BCUT2D eigenvalue weighted by Crippen LogP contribution is 2.23. The van der Waals surface area contributed by atoms with E-state index in [2.05, 4.69) is 4.98 Å². The average Bonchev–Trinajstić information content (AvgIpc) is 3.21. The minimum absolute atomic E-state index is 0.0160. The van der Waals surface area contributed by atoms with Gasteiger partial charge in [0.05, 0.1) is 9.82 Å². The zero-order valence-electron chi connectivity index (χ0n) is 16.7. The number of fused-ring (bicyclic) bond motifs is 1. The number of aryl methyl sites for hydroxylation is 1. The fourth-order valence-electron chi connectivity index (χ4n) is 3.82. The number of amides is 1. The van der Waals surface area contributed by atoms with Gasteiger partial charge in [0.2, 0.25) is 15.9 Å². The van der Waals surface area contributed by atoms with Crippen LogP contribution < -0.4 is 0 Å². The lowest BCUT2D eigenvalue weighted by Gasteiger charge is -2.34. The molecule has 162 valence electrons. The molecule has 1 saturated heterocycles. The number of carbonyl (C=O) groups is 1. The Bertz CT molecular complexity index is 1230. The number of carbonyl (C=O) groups excluding carboxylic acids is 1. The summed E-state index contributed by atoms with van der Waals surface area (Å²) >= 11 is 0. The van der Waals surface area contributed by atoms with E-state index in [1.807, 2.05) is 30.5 Å². The van der Waals surface area contributed by atoms with Crippen LogP contribution in [0, 0.1) is 10.1 Å². The van der Waals surface area contributed by atoms with Crippen LogP contribution in [0.3, 0.4) is 0 Å². The van der Waals surface area contributed by atoms with Crippen molar-refractivity contribution in [2.24, 2.45) is 0 Å². The molecule has 0 saturated carbocycles. The van der Waals surface area contributed by atoms with E-state index in [1.165, 1.54) is 22.5 Å². The molecular weight excluding hydrogens is 420 g/mol. The van der Waals surface area contributed by atoms with Gasteiger partial charge in [-0.05, 0) is 24.1 Å². The molecule has 1 aliphatic heterocycles. The molecule has 31 heavy (non-hydrogen) atoms. The van der Waals surface area contributed by atoms with Crippen LogP contribution in [0.5, 0.6) is 0 Å². The molecule has 1 aromatic heterocycles. The predicted octanol–water partition coefficient (Wildman–Crippen LogP) is 2.54. The molecule has 0 aliphatic carbocycles. The third-order valence-electron chi connectivity index (χ3n) is 5.54. The number of sulfonamides is 1. The van der Waals surface area contributed by atoms with Crippen LogP contribution in [-0.4, -0.2) is 59.6 Å². The highest BCUT2D eigenvalue weighted by atomic mass is 32.2. The van der Waals surface area contributed by atoms with Crippen molar-refractivity contribution in [1.29, 1.82) is 0 Å². The van der Waals surface area contributed by atoms with Crippen molar-refractivity contribution in [2.75, 3.05) is 26.2 Å². The van der Waals surface area contributed by atoms with Crippen LogP contribution in [0.4, 0.5) is 5.69 Å². The molecule has 0 radical (unpaired) electrons. The predicted molar refractivity (Wildman–Crippen MR) is 115 cm³/mol. The summed E-state index contributed by atoms with van der Waals surface area (Å²) in [5.74, 6) is -0.0160. The van der Waals surface area contributed by atoms with Gasteiger partial charge in [0.1, 0.15) is 0 Å². The number of non-ortho nitro benzene ring substituents is 1. The van der Waals surface area contributed by atoms with Crippen LogP contribution in [0.25, 0.3) is 10.9 Å². The van der Waals surface area contributed by atoms with Gasteiger partial charge >= 0.3 is 0 Å². The van der Waals surface area contributed by atoms with Gasteiger partial charge < -0.3 is 9.88 Å². The number of hydrogen-bond donors (Lipinski definition) is 1. The van der Waals surface area contributed by atoms with Gasteiger partial charge in [0.15, 0.2) is 0 Å². The van der Waals surface area contributed by atoms with Gasteiger partial charge in [-0.15, -0.1) is 0 Å². The number of hydrogen-bond acceptors (Lipinski definition) is 5. The van der Waals surface area contributed by atoms with Crippen LogP contribution in [-0.2, 0) is 21.2 Å². The molecule has 1 amide bonds. The van der Waals surface area contributed by atoms with Crippen molar-refractivity contribution in [3.63, 3.8) is 0 Å². The Morgan fingerprint density at radius 2 is 1.81 bits per heavy atom. The Labute approximate surface area is 179 Å². The summed E-state index contributed by atoms with van der Waals surface area (Å²) in [5.41, 5.74) is 1.84. The third kappa shape index (κ3) is 4.30. The molecule has 4 rings (SSSR count). The summed E-state index contributed by atoms with van der Waals surface area (Å²) in [5, 5.41) is 12.0. The Balaban J connectivity index is 1.36. The molecule has 2 heterocycles. The third-order valence-corrected chi connectivity index (χ3v) is 7.44. The first-order valence-corrected chi connectivity index (χ1v) is 11.4. The first-order chi connectivity index (χ1) is 14.9.